The number of fused-ring (bicyclic) bond motifs is 2. The van der Waals surface area contributed by atoms with Crippen LogP contribution < -0.4 is 15.5 Å². The van der Waals surface area contributed by atoms with Crippen molar-refractivity contribution in [2.75, 3.05) is 11.4 Å². The van der Waals surface area contributed by atoms with Crippen LogP contribution in [0, 0.1) is 5.92 Å². The first-order valence-corrected chi connectivity index (χ1v) is 9.08. The van der Waals surface area contributed by atoms with Gasteiger partial charge in [-0.3, -0.25) is 9.59 Å². The lowest BCUT2D eigenvalue weighted by atomic mass is 9.98. The molecule has 3 aliphatic rings. The molecule has 2 N–H and O–H groups in total. The van der Waals surface area contributed by atoms with E-state index in [9.17, 15) is 9.59 Å². The van der Waals surface area contributed by atoms with Gasteiger partial charge in [-0.2, -0.15) is 0 Å². The van der Waals surface area contributed by atoms with Crippen LogP contribution in [0.5, 0.6) is 0 Å². The number of piperidine rings is 1. The van der Waals surface area contributed by atoms with Crippen molar-refractivity contribution in [1.82, 2.24) is 10.6 Å². The number of benzene rings is 1. The van der Waals surface area contributed by atoms with Crippen molar-refractivity contribution in [2.24, 2.45) is 5.92 Å². The van der Waals surface area contributed by atoms with Gasteiger partial charge in [0.2, 0.25) is 11.8 Å². The van der Waals surface area contributed by atoms with Crippen molar-refractivity contribution in [3.05, 3.63) is 29.3 Å². The molecule has 3 unspecified atom stereocenters. The quantitative estimate of drug-likeness (QED) is 0.842. The molecule has 2 amide bonds. The smallest absolute Gasteiger partial charge is 0.227 e. The highest BCUT2D eigenvalue weighted by atomic mass is 35.5. The maximum absolute atomic E-state index is 12.6. The molecule has 3 fully saturated rings. The lowest BCUT2D eigenvalue weighted by Crippen LogP contribution is -2.49. The summed E-state index contributed by atoms with van der Waals surface area (Å²) >= 11 is 5.90. The number of halogens is 2. The predicted molar refractivity (Wildman–Crippen MR) is 100 cm³/mol. The molecular formula is C18H23Cl2N3O2. The topological polar surface area (TPSA) is 61.4 Å². The highest BCUT2D eigenvalue weighted by Crippen LogP contribution is 2.29. The second-order valence-corrected chi connectivity index (χ2v) is 7.63. The van der Waals surface area contributed by atoms with Crippen LogP contribution >= 0.6 is 24.0 Å². The molecular weight excluding hydrogens is 361 g/mol. The maximum Gasteiger partial charge on any atom is 0.227 e. The average Bonchev–Trinajstić information content (AvgIpc) is 3.11. The molecule has 5 nitrogen and oxygen atoms in total. The van der Waals surface area contributed by atoms with E-state index >= 15 is 0 Å². The summed E-state index contributed by atoms with van der Waals surface area (Å²) in [5.41, 5.74) is 0.805. The van der Waals surface area contributed by atoms with Gasteiger partial charge >= 0.3 is 0 Å². The number of amides is 2. The van der Waals surface area contributed by atoms with Gasteiger partial charge in [-0.15, -0.1) is 12.4 Å². The standard InChI is InChI=1S/C18H22ClN3O2.ClH/c19-12-1-5-16(6-2-12)22-10-11(7-17(22)23)18(24)21-15-8-13-3-4-14(9-15)20-13;/h1-2,5-6,11,13-15,20H,3-4,7-10H2,(H,21,24);1H. The monoisotopic (exact) mass is 383 g/mol. The molecule has 0 radical (unpaired) electrons. The highest BCUT2D eigenvalue weighted by Gasteiger charge is 2.38. The number of nitrogens with one attached hydrogen (secondary N) is 2. The highest BCUT2D eigenvalue weighted by molar-refractivity contribution is 6.30. The summed E-state index contributed by atoms with van der Waals surface area (Å²) in [6.45, 7) is 0.449. The first kappa shape index (κ1) is 18.5. The second-order valence-electron chi connectivity index (χ2n) is 7.20. The SMILES string of the molecule is Cl.O=C(NC1CC2CCC(C1)N2)C1CC(=O)N(c2ccc(Cl)cc2)C1. The van der Waals surface area contributed by atoms with Crippen LogP contribution in [0.2, 0.25) is 5.02 Å². The Bertz CT molecular complexity index is 640. The molecule has 0 aliphatic carbocycles. The molecule has 0 spiro atoms. The van der Waals surface area contributed by atoms with E-state index in [1.807, 2.05) is 12.1 Å². The molecule has 136 valence electrons. The van der Waals surface area contributed by atoms with Crippen molar-refractivity contribution >= 4 is 41.5 Å². The molecule has 3 atom stereocenters. The Labute approximate surface area is 158 Å². The molecule has 3 heterocycles. The number of hydrogen-bond donors (Lipinski definition) is 2. The third-order valence-electron chi connectivity index (χ3n) is 5.45. The predicted octanol–water partition coefficient (Wildman–Crippen LogP) is 2.51. The van der Waals surface area contributed by atoms with E-state index in [1.54, 1.807) is 17.0 Å². The van der Waals surface area contributed by atoms with Crippen molar-refractivity contribution in [1.29, 1.82) is 0 Å². The summed E-state index contributed by atoms with van der Waals surface area (Å²) in [6, 6.07) is 8.52. The van der Waals surface area contributed by atoms with Gasteiger partial charge in [0, 0.05) is 41.8 Å². The van der Waals surface area contributed by atoms with Crippen LogP contribution in [0.4, 0.5) is 5.69 Å². The van der Waals surface area contributed by atoms with Crippen molar-refractivity contribution in [3.63, 3.8) is 0 Å². The van der Waals surface area contributed by atoms with Gasteiger partial charge in [-0.25, -0.2) is 0 Å². The molecule has 4 rings (SSSR count). The lowest BCUT2D eigenvalue weighted by molar-refractivity contribution is -0.127. The molecule has 1 aromatic carbocycles. The van der Waals surface area contributed by atoms with Crippen molar-refractivity contribution in [3.8, 4) is 0 Å². The molecule has 25 heavy (non-hydrogen) atoms. The van der Waals surface area contributed by atoms with Crippen molar-refractivity contribution < 1.29 is 9.59 Å². The molecule has 7 heteroatoms. The van der Waals surface area contributed by atoms with E-state index in [0.29, 0.717) is 23.7 Å². The van der Waals surface area contributed by atoms with Gasteiger partial charge in [-0.1, -0.05) is 11.6 Å². The summed E-state index contributed by atoms with van der Waals surface area (Å²) in [5, 5.41) is 7.40. The Hall–Kier alpha value is -1.30. The largest absolute Gasteiger partial charge is 0.353 e. The van der Waals surface area contributed by atoms with E-state index in [-0.39, 0.29) is 42.6 Å². The Morgan fingerprint density at radius 1 is 1.16 bits per heavy atom. The van der Waals surface area contributed by atoms with E-state index in [4.69, 9.17) is 11.6 Å². The van der Waals surface area contributed by atoms with Crippen LogP contribution in [0.15, 0.2) is 24.3 Å². The minimum atomic E-state index is -0.263. The number of carbonyl (C=O) groups excluding carboxylic acids is 2. The number of anilines is 1. The molecule has 2 bridgehead atoms. The number of carbonyl (C=O) groups is 2. The fourth-order valence-electron chi connectivity index (χ4n) is 4.25. The Morgan fingerprint density at radius 3 is 2.44 bits per heavy atom. The molecule has 3 saturated heterocycles. The average molecular weight is 384 g/mol. The Morgan fingerprint density at radius 2 is 1.80 bits per heavy atom. The third-order valence-corrected chi connectivity index (χ3v) is 5.71. The summed E-state index contributed by atoms with van der Waals surface area (Å²) in [4.78, 5) is 26.6. The Balaban J connectivity index is 0.00000182. The fourth-order valence-corrected chi connectivity index (χ4v) is 4.37. The maximum atomic E-state index is 12.6. The zero-order valence-corrected chi connectivity index (χ0v) is 15.5. The Kier molecular flexibility index (Phi) is 5.56. The van der Waals surface area contributed by atoms with Gasteiger partial charge in [0.25, 0.3) is 0 Å². The number of rotatable bonds is 3. The summed E-state index contributed by atoms with van der Waals surface area (Å²) in [5.74, 6) is -0.241. The fraction of sp³-hybridized carbons (Fsp3) is 0.556. The van der Waals surface area contributed by atoms with Crippen LogP contribution in [-0.4, -0.2) is 36.5 Å². The van der Waals surface area contributed by atoms with Gasteiger partial charge in [0.15, 0.2) is 0 Å². The number of nitrogens with zero attached hydrogens (tertiary/aromatic N) is 1. The van der Waals surface area contributed by atoms with Gasteiger partial charge in [0.1, 0.15) is 0 Å². The van der Waals surface area contributed by atoms with Gasteiger partial charge in [0.05, 0.1) is 5.92 Å². The second kappa shape index (κ2) is 7.52. The minimum Gasteiger partial charge on any atom is -0.353 e. The number of hydrogen-bond acceptors (Lipinski definition) is 3. The zero-order valence-electron chi connectivity index (χ0n) is 13.9. The lowest BCUT2D eigenvalue weighted by Gasteiger charge is -2.30. The van der Waals surface area contributed by atoms with E-state index in [2.05, 4.69) is 10.6 Å². The normalized spacial score (nSPS) is 30.9. The summed E-state index contributed by atoms with van der Waals surface area (Å²) in [6.07, 6.45) is 4.71. The minimum absolute atomic E-state index is 0. The first-order chi connectivity index (χ1) is 11.6. The van der Waals surface area contributed by atoms with Crippen LogP contribution in [0.3, 0.4) is 0 Å². The van der Waals surface area contributed by atoms with Crippen molar-refractivity contribution in [2.45, 2.75) is 50.2 Å². The van der Waals surface area contributed by atoms with Crippen LogP contribution in [-0.2, 0) is 9.59 Å². The molecule has 0 aromatic heterocycles. The first-order valence-electron chi connectivity index (χ1n) is 8.71. The molecule has 0 saturated carbocycles. The summed E-state index contributed by atoms with van der Waals surface area (Å²) in [7, 11) is 0. The third kappa shape index (κ3) is 3.94. The van der Waals surface area contributed by atoms with Gasteiger partial charge in [-0.05, 0) is 49.9 Å². The van der Waals surface area contributed by atoms with Crippen LogP contribution in [0.25, 0.3) is 0 Å². The van der Waals surface area contributed by atoms with E-state index in [0.717, 1.165) is 18.5 Å². The van der Waals surface area contributed by atoms with E-state index in [1.165, 1.54) is 12.8 Å². The van der Waals surface area contributed by atoms with E-state index < -0.39 is 0 Å². The summed E-state index contributed by atoms with van der Waals surface area (Å²) < 4.78 is 0. The molecule has 1 aromatic rings. The van der Waals surface area contributed by atoms with Gasteiger partial charge < -0.3 is 15.5 Å². The van der Waals surface area contributed by atoms with Crippen LogP contribution in [0.1, 0.15) is 32.1 Å². The molecule has 3 aliphatic heterocycles. The zero-order chi connectivity index (χ0) is 16.7.